The van der Waals surface area contributed by atoms with Crippen LogP contribution in [0, 0.1) is 0 Å². The molecular weight excluding hydrogens is 168 g/mol. The fraction of sp³-hybridized carbons (Fsp3) is 1.00. The van der Waals surface area contributed by atoms with Gasteiger partial charge < -0.3 is 14.2 Å². The van der Waals surface area contributed by atoms with Gasteiger partial charge in [0.1, 0.15) is 0 Å². The molecule has 13 heavy (non-hydrogen) atoms. The van der Waals surface area contributed by atoms with Crippen LogP contribution in [-0.2, 0) is 14.2 Å². The van der Waals surface area contributed by atoms with Crippen molar-refractivity contribution in [3.8, 4) is 0 Å². The predicted octanol–water partition coefficient (Wildman–Crippen LogP) is 2.05. The van der Waals surface area contributed by atoms with E-state index in [9.17, 15) is 0 Å². The SMILES string of the molecule is CC1OC2(CCCCO2)OC1(C)C. The van der Waals surface area contributed by atoms with E-state index >= 15 is 0 Å². The van der Waals surface area contributed by atoms with Gasteiger partial charge in [0.25, 0.3) is 5.97 Å². The number of ether oxygens (including phenoxy) is 3. The minimum absolute atomic E-state index is 0.102. The minimum Gasteiger partial charge on any atom is -0.327 e. The van der Waals surface area contributed by atoms with Gasteiger partial charge in [0, 0.05) is 6.42 Å². The smallest absolute Gasteiger partial charge is 0.283 e. The van der Waals surface area contributed by atoms with Gasteiger partial charge in [-0.25, -0.2) is 0 Å². The molecule has 0 radical (unpaired) electrons. The lowest BCUT2D eigenvalue weighted by Gasteiger charge is -2.32. The summed E-state index contributed by atoms with van der Waals surface area (Å²) in [6, 6.07) is 0. The molecule has 2 atom stereocenters. The molecule has 1 spiro atoms. The van der Waals surface area contributed by atoms with E-state index in [1.165, 1.54) is 0 Å². The topological polar surface area (TPSA) is 27.7 Å². The third-order valence-corrected chi connectivity index (χ3v) is 2.95. The van der Waals surface area contributed by atoms with E-state index in [0.717, 1.165) is 25.9 Å². The first kappa shape index (κ1) is 9.44. The lowest BCUT2D eigenvalue weighted by molar-refractivity contribution is -0.360. The molecule has 2 saturated heterocycles. The first-order valence-corrected chi connectivity index (χ1v) is 5.06. The quantitative estimate of drug-likeness (QED) is 0.579. The summed E-state index contributed by atoms with van der Waals surface area (Å²) in [6.07, 6.45) is 3.21. The van der Waals surface area contributed by atoms with Gasteiger partial charge in [0.15, 0.2) is 0 Å². The fourth-order valence-electron chi connectivity index (χ4n) is 1.84. The van der Waals surface area contributed by atoms with Crippen LogP contribution < -0.4 is 0 Å². The summed E-state index contributed by atoms with van der Waals surface area (Å²) >= 11 is 0. The standard InChI is InChI=1S/C10H18O3/c1-8-9(2,3)13-10(12-8)6-4-5-7-11-10/h8H,4-7H2,1-3H3. The van der Waals surface area contributed by atoms with Gasteiger partial charge in [0.05, 0.1) is 18.3 Å². The number of rotatable bonds is 0. The largest absolute Gasteiger partial charge is 0.327 e. The van der Waals surface area contributed by atoms with Crippen molar-refractivity contribution in [2.24, 2.45) is 0 Å². The second-order valence-electron chi connectivity index (χ2n) is 4.45. The third kappa shape index (κ3) is 1.60. The summed E-state index contributed by atoms with van der Waals surface area (Å²) in [5.74, 6) is -0.721. The van der Waals surface area contributed by atoms with Gasteiger partial charge in [-0.05, 0) is 33.6 Å². The third-order valence-electron chi connectivity index (χ3n) is 2.95. The van der Waals surface area contributed by atoms with Gasteiger partial charge in [-0.1, -0.05) is 0 Å². The molecule has 2 aliphatic heterocycles. The maximum absolute atomic E-state index is 5.85. The molecule has 0 aliphatic carbocycles. The molecular formula is C10H18O3. The number of hydrogen-bond donors (Lipinski definition) is 0. The van der Waals surface area contributed by atoms with Gasteiger partial charge in [-0.2, -0.15) is 0 Å². The van der Waals surface area contributed by atoms with Crippen molar-refractivity contribution in [1.29, 1.82) is 0 Å². The highest BCUT2D eigenvalue weighted by molar-refractivity contribution is 4.87. The van der Waals surface area contributed by atoms with Crippen LogP contribution in [-0.4, -0.2) is 24.3 Å². The first-order valence-electron chi connectivity index (χ1n) is 5.06. The lowest BCUT2D eigenvalue weighted by Crippen LogP contribution is -2.39. The maximum atomic E-state index is 5.85. The Kier molecular flexibility index (Phi) is 2.13. The van der Waals surface area contributed by atoms with Crippen LogP contribution in [0.1, 0.15) is 40.0 Å². The Morgan fingerprint density at radius 1 is 1.23 bits per heavy atom. The molecule has 2 unspecified atom stereocenters. The van der Waals surface area contributed by atoms with Crippen LogP contribution in [0.15, 0.2) is 0 Å². The summed E-state index contributed by atoms with van der Waals surface area (Å²) in [4.78, 5) is 0. The van der Waals surface area contributed by atoms with Gasteiger partial charge in [0.2, 0.25) is 0 Å². The molecule has 0 aromatic heterocycles. The van der Waals surface area contributed by atoms with E-state index in [2.05, 4.69) is 0 Å². The van der Waals surface area contributed by atoms with Crippen molar-refractivity contribution < 1.29 is 14.2 Å². The Morgan fingerprint density at radius 2 is 2.00 bits per heavy atom. The maximum Gasteiger partial charge on any atom is 0.283 e. The normalized spacial score (nSPS) is 44.1. The van der Waals surface area contributed by atoms with Crippen molar-refractivity contribution in [1.82, 2.24) is 0 Å². The van der Waals surface area contributed by atoms with Crippen molar-refractivity contribution in [2.75, 3.05) is 6.61 Å². The Balaban J connectivity index is 2.10. The van der Waals surface area contributed by atoms with Crippen molar-refractivity contribution in [3.63, 3.8) is 0 Å². The van der Waals surface area contributed by atoms with Crippen LogP contribution in [0.2, 0.25) is 0 Å². The zero-order valence-electron chi connectivity index (χ0n) is 8.63. The van der Waals surface area contributed by atoms with Crippen molar-refractivity contribution in [3.05, 3.63) is 0 Å². The van der Waals surface area contributed by atoms with Crippen LogP contribution >= 0.6 is 0 Å². The fourth-order valence-corrected chi connectivity index (χ4v) is 1.84. The summed E-state index contributed by atoms with van der Waals surface area (Å²) in [5, 5.41) is 0. The van der Waals surface area contributed by atoms with Gasteiger partial charge in [-0.3, -0.25) is 0 Å². The molecule has 0 amide bonds. The van der Waals surface area contributed by atoms with Gasteiger partial charge in [-0.15, -0.1) is 0 Å². The Morgan fingerprint density at radius 3 is 2.46 bits per heavy atom. The monoisotopic (exact) mass is 186 g/mol. The van der Waals surface area contributed by atoms with Crippen LogP contribution in [0.25, 0.3) is 0 Å². The molecule has 0 aromatic carbocycles. The molecule has 2 fully saturated rings. The minimum atomic E-state index is -0.721. The first-order chi connectivity index (χ1) is 6.04. The second kappa shape index (κ2) is 2.94. The van der Waals surface area contributed by atoms with Crippen molar-refractivity contribution >= 4 is 0 Å². The van der Waals surface area contributed by atoms with E-state index in [4.69, 9.17) is 14.2 Å². The molecule has 0 N–H and O–H groups in total. The highest BCUT2D eigenvalue weighted by Gasteiger charge is 2.52. The molecule has 0 saturated carbocycles. The average Bonchev–Trinajstić information content (AvgIpc) is 2.23. The average molecular weight is 186 g/mol. The Bertz CT molecular complexity index is 194. The van der Waals surface area contributed by atoms with E-state index in [-0.39, 0.29) is 11.7 Å². The Hall–Kier alpha value is -0.120. The number of hydrogen-bond acceptors (Lipinski definition) is 3. The lowest BCUT2D eigenvalue weighted by atomic mass is 10.0. The molecule has 2 aliphatic rings. The van der Waals surface area contributed by atoms with Gasteiger partial charge >= 0.3 is 0 Å². The zero-order valence-corrected chi connectivity index (χ0v) is 8.63. The predicted molar refractivity (Wildman–Crippen MR) is 48.2 cm³/mol. The Labute approximate surface area is 79.4 Å². The van der Waals surface area contributed by atoms with Crippen LogP contribution in [0.5, 0.6) is 0 Å². The molecule has 0 bridgehead atoms. The van der Waals surface area contributed by atoms with E-state index in [1.807, 2.05) is 20.8 Å². The zero-order chi connectivity index (χ0) is 9.53. The van der Waals surface area contributed by atoms with E-state index in [0.29, 0.717) is 0 Å². The molecule has 0 aromatic rings. The molecule has 3 nitrogen and oxygen atoms in total. The van der Waals surface area contributed by atoms with E-state index in [1.54, 1.807) is 0 Å². The second-order valence-corrected chi connectivity index (χ2v) is 4.45. The van der Waals surface area contributed by atoms with Crippen LogP contribution in [0.4, 0.5) is 0 Å². The highest BCUT2D eigenvalue weighted by Crippen LogP contribution is 2.41. The summed E-state index contributed by atoms with van der Waals surface area (Å²) < 4.78 is 17.2. The highest BCUT2D eigenvalue weighted by atomic mass is 16.9. The van der Waals surface area contributed by atoms with Crippen LogP contribution in [0.3, 0.4) is 0 Å². The molecule has 76 valence electrons. The molecule has 2 rings (SSSR count). The summed E-state index contributed by atoms with van der Waals surface area (Å²) in [7, 11) is 0. The summed E-state index contributed by atoms with van der Waals surface area (Å²) in [6.45, 7) is 6.88. The van der Waals surface area contributed by atoms with E-state index < -0.39 is 5.97 Å². The molecule has 3 heteroatoms. The summed E-state index contributed by atoms with van der Waals surface area (Å²) in [5.41, 5.74) is -0.225. The molecule has 2 heterocycles. The van der Waals surface area contributed by atoms with Crippen molar-refractivity contribution in [2.45, 2.75) is 57.7 Å².